The number of fused-ring (bicyclic) bond motifs is 1. The molecule has 3 rings (SSSR count). The van der Waals surface area contributed by atoms with Gasteiger partial charge in [0, 0.05) is 19.2 Å². The van der Waals surface area contributed by atoms with Crippen molar-refractivity contribution in [3.8, 4) is 0 Å². The van der Waals surface area contributed by atoms with Crippen molar-refractivity contribution >= 4 is 39.4 Å². The fourth-order valence-electron chi connectivity index (χ4n) is 2.40. The Hall–Kier alpha value is -2.21. The first-order chi connectivity index (χ1) is 10.1. The molecule has 2 heterocycles. The van der Waals surface area contributed by atoms with Crippen LogP contribution in [0.1, 0.15) is 11.4 Å². The van der Waals surface area contributed by atoms with E-state index in [0.717, 1.165) is 15.2 Å². The van der Waals surface area contributed by atoms with Gasteiger partial charge in [-0.15, -0.1) is 11.3 Å². The van der Waals surface area contributed by atoms with E-state index < -0.39 is 0 Å². The van der Waals surface area contributed by atoms with Crippen LogP contribution in [-0.4, -0.2) is 34.8 Å². The van der Waals surface area contributed by atoms with E-state index in [0.29, 0.717) is 19.5 Å². The Labute approximate surface area is 126 Å². The number of aromatic nitrogens is 1. The van der Waals surface area contributed by atoms with Crippen LogP contribution in [0, 0.1) is 5.92 Å². The van der Waals surface area contributed by atoms with Gasteiger partial charge in [-0.1, -0.05) is 12.1 Å². The molecule has 0 bridgehead atoms. The van der Waals surface area contributed by atoms with Gasteiger partial charge in [-0.05, 0) is 24.6 Å². The van der Waals surface area contributed by atoms with Crippen molar-refractivity contribution in [2.24, 2.45) is 11.7 Å². The van der Waals surface area contributed by atoms with Gasteiger partial charge in [0.25, 0.3) is 0 Å². The molecule has 6 heteroatoms. The number of carbonyl (C=O) groups excluding carboxylic acids is 2. The number of likely N-dealkylation sites (tertiary alicyclic amines) is 1. The number of hydrogen-bond acceptors (Lipinski definition) is 4. The molecule has 1 atom stereocenters. The van der Waals surface area contributed by atoms with E-state index in [1.54, 1.807) is 22.3 Å². The summed E-state index contributed by atoms with van der Waals surface area (Å²) in [4.78, 5) is 29.3. The van der Waals surface area contributed by atoms with Gasteiger partial charge in [-0.2, -0.15) is 0 Å². The third kappa shape index (κ3) is 2.95. The van der Waals surface area contributed by atoms with Gasteiger partial charge in [0.2, 0.25) is 11.8 Å². The Morgan fingerprint density at radius 2 is 2.19 bits per heavy atom. The van der Waals surface area contributed by atoms with Crippen LogP contribution in [0.25, 0.3) is 16.3 Å². The summed E-state index contributed by atoms with van der Waals surface area (Å²) in [6.07, 6.45) is 3.89. The number of thiazole rings is 1. The van der Waals surface area contributed by atoms with Gasteiger partial charge >= 0.3 is 0 Å². The minimum atomic E-state index is -0.333. The quantitative estimate of drug-likeness (QED) is 0.876. The maximum absolute atomic E-state index is 12.1. The number of carbonyl (C=O) groups is 2. The number of nitrogens with zero attached hydrogens (tertiary/aromatic N) is 2. The topological polar surface area (TPSA) is 76.3 Å². The third-order valence-electron chi connectivity index (χ3n) is 3.58. The highest BCUT2D eigenvalue weighted by molar-refractivity contribution is 7.19. The first kappa shape index (κ1) is 13.8. The van der Waals surface area contributed by atoms with E-state index in [1.807, 2.05) is 24.3 Å². The van der Waals surface area contributed by atoms with Gasteiger partial charge in [-0.25, -0.2) is 4.98 Å². The minimum Gasteiger partial charge on any atom is -0.369 e. The molecule has 1 fully saturated rings. The molecule has 5 nitrogen and oxygen atoms in total. The summed E-state index contributed by atoms with van der Waals surface area (Å²) in [5.41, 5.74) is 6.20. The third-order valence-corrected chi connectivity index (χ3v) is 4.58. The van der Waals surface area contributed by atoms with Crippen molar-refractivity contribution in [3.63, 3.8) is 0 Å². The fraction of sp³-hybridized carbons (Fsp3) is 0.267. The van der Waals surface area contributed by atoms with Gasteiger partial charge in [0.1, 0.15) is 5.01 Å². The second kappa shape index (κ2) is 5.65. The second-order valence-electron chi connectivity index (χ2n) is 5.03. The Kier molecular flexibility index (Phi) is 3.70. The molecule has 0 unspecified atom stereocenters. The van der Waals surface area contributed by atoms with E-state index in [9.17, 15) is 9.59 Å². The summed E-state index contributed by atoms with van der Waals surface area (Å²) in [5.74, 6) is -0.650. The molecule has 1 aromatic carbocycles. The zero-order valence-corrected chi connectivity index (χ0v) is 12.2. The number of benzene rings is 1. The smallest absolute Gasteiger partial charge is 0.246 e. The summed E-state index contributed by atoms with van der Waals surface area (Å²) in [6.45, 7) is 0.995. The lowest BCUT2D eigenvalue weighted by molar-refractivity contribution is -0.125. The van der Waals surface area contributed by atoms with Crippen molar-refractivity contribution in [1.82, 2.24) is 9.88 Å². The summed E-state index contributed by atoms with van der Waals surface area (Å²) < 4.78 is 1.10. The van der Waals surface area contributed by atoms with Gasteiger partial charge < -0.3 is 10.6 Å². The van der Waals surface area contributed by atoms with Crippen molar-refractivity contribution < 1.29 is 9.59 Å². The Morgan fingerprint density at radius 3 is 2.90 bits per heavy atom. The van der Waals surface area contributed by atoms with Crippen LogP contribution in [0.2, 0.25) is 0 Å². The number of rotatable bonds is 3. The number of amides is 2. The number of hydrogen-bond donors (Lipinski definition) is 1. The summed E-state index contributed by atoms with van der Waals surface area (Å²) in [5, 5.41) is 0.801. The molecule has 1 aliphatic heterocycles. The average Bonchev–Trinajstić information content (AvgIpc) is 3.11. The monoisotopic (exact) mass is 301 g/mol. The van der Waals surface area contributed by atoms with Crippen molar-refractivity contribution in [2.45, 2.75) is 6.42 Å². The van der Waals surface area contributed by atoms with E-state index in [-0.39, 0.29) is 17.7 Å². The Bertz CT molecular complexity index is 690. The van der Waals surface area contributed by atoms with E-state index in [2.05, 4.69) is 4.98 Å². The predicted molar refractivity (Wildman–Crippen MR) is 82.5 cm³/mol. The molecule has 2 amide bonds. The van der Waals surface area contributed by atoms with Gasteiger partial charge in [-0.3, -0.25) is 9.59 Å². The average molecular weight is 301 g/mol. The van der Waals surface area contributed by atoms with Crippen molar-refractivity contribution in [2.75, 3.05) is 13.1 Å². The highest BCUT2D eigenvalue weighted by atomic mass is 32.1. The minimum absolute atomic E-state index is 0.0991. The van der Waals surface area contributed by atoms with E-state index in [4.69, 9.17) is 5.73 Å². The van der Waals surface area contributed by atoms with Crippen LogP contribution >= 0.6 is 11.3 Å². The summed E-state index contributed by atoms with van der Waals surface area (Å²) >= 11 is 1.54. The predicted octanol–water partition coefficient (Wildman–Crippen LogP) is 1.64. The number of nitrogens with two attached hydrogens (primary N) is 1. The lowest BCUT2D eigenvalue weighted by atomic mass is 10.1. The van der Waals surface area contributed by atoms with E-state index >= 15 is 0 Å². The fourth-order valence-corrected chi connectivity index (χ4v) is 3.27. The molecule has 0 radical (unpaired) electrons. The molecule has 1 saturated heterocycles. The largest absolute Gasteiger partial charge is 0.369 e. The first-order valence-electron chi connectivity index (χ1n) is 6.75. The second-order valence-corrected chi connectivity index (χ2v) is 6.09. The zero-order chi connectivity index (χ0) is 14.8. The maximum atomic E-state index is 12.1. The van der Waals surface area contributed by atoms with Crippen LogP contribution < -0.4 is 5.73 Å². The SMILES string of the molecule is NC(=O)[C@@H]1CCN(C(=O)/C=C/c2nc3ccccc3s2)C1. The van der Waals surface area contributed by atoms with Crippen LogP contribution in [0.4, 0.5) is 0 Å². The summed E-state index contributed by atoms with van der Waals surface area (Å²) in [7, 11) is 0. The molecule has 108 valence electrons. The molecule has 21 heavy (non-hydrogen) atoms. The van der Waals surface area contributed by atoms with Crippen LogP contribution in [0.3, 0.4) is 0 Å². The first-order valence-corrected chi connectivity index (χ1v) is 7.57. The molecule has 1 aromatic heterocycles. The van der Waals surface area contributed by atoms with Crippen LogP contribution in [0.5, 0.6) is 0 Å². The molecule has 0 spiro atoms. The van der Waals surface area contributed by atoms with Gasteiger partial charge in [0.15, 0.2) is 0 Å². The highest BCUT2D eigenvalue weighted by Gasteiger charge is 2.28. The molecule has 0 saturated carbocycles. The lowest BCUT2D eigenvalue weighted by Crippen LogP contribution is -2.30. The Balaban J connectivity index is 1.68. The van der Waals surface area contributed by atoms with Gasteiger partial charge in [0.05, 0.1) is 16.1 Å². The maximum Gasteiger partial charge on any atom is 0.246 e. The Morgan fingerprint density at radius 1 is 1.38 bits per heavy atom. The number of primary amides is 1. The molecule has 2 N–H and O–H groups in total. The van der Waals surface area contributed by atoms with Crippen LogP contribution in [-0.2, 0) is 9.59 Å². The standard InChI is InChI=1S/C15H15N3O2S/c16-15(20)10-7-8-18(9-10)14(19)6-5-13-17-11-3-1-2-4-12(11)21-13/h1-6,10H,7-9H2,(H2,16,20)/b6-5+/t10-/m1/s1. The lowest BCUT2D eigenvalue weighted by Gasteiger charge is -2.12. The molecular formula is C15H15N3O2S. The summed E-state index contributed by atoms with van der Waals surface area (Å²) in [6, 6.07) is 7.86. The molecule has 0 aliphatic carbocycles. The molecule has 1 aliphatic rings. The highest BCUT2D eigenvalue weighted by Crippen LogP contribution is 2.22. The van der Waals surface area contributed by atoms with Crippen molar-refractivity contribution in [3.05, 3.63) is 35.3 Å². The van der Waals surface area contributed by atoms with E-state index in [1.165, 1.54) is 6.08 Å². The zero-order valence-electron chi connectivity index (χ0n) is 11.4. The van der Waals surface area contributed by atoms with Crippen molar-refractivity contribution in [1.29, 1.82) is 0 Å². The molecular weight excluding hydrogens is 286 g/mol. The molecule has 2 aromatic rings. The number of para-hydroxylation sites is 1. The normalized spacial score (nSPS) is 18.7. The van der Waals surface area contributed by atoms with Crippen LogP contribution in [0.15, 0.2) is 30.3 Å².